The molecule has 0 saturated carbocycles. The number of para-hydroxylation sites is 1. The highest BCUT2D eigenvalue weighted by atomic mass is 16.5. The number of rotatable bonds is 10. The number of methoxy groups -OCH3 is 1. The minimum Gasteiger partial charge on any atom is -0.497 e. The van der Waals surface area contributed by atoms with Crippen LogP contribution in [0.15, 0.2) is 71.3 Å². The summed E-state index contributed by atoms with van der Waals surface area (Å²) in [5.74, 6) is 2.98. The molecule has 4 rings (SSSR count). The molecule has 2 aromatic heterocycles. The maximum absolute atomic E-state index is 12.6. The Balaban J connectivity index is 1.72. The molecule has 0 aliphatic heterocycles. The van der Waals surface area contributed by atoms with Crippen molar-refractivity contribution in [1.29, 1.82) is 0 Å². The van der Waals surface area contributed by atoms with Crippen molar-refractivity contribution < 1.29 is 13.9 Å². The van der Waals surface area contributed by atoms with Gasteiger partial charge in [0.25, 0.3) is 0 Å². The van der Waals surface area contributed by atoms with Crippen molar-refractivity contribution in [3.63, 3.8) is 0 Å². The molecule has 4 aromatic rings. The number of ether oxygens (including phenoxy) is 1. The van der Waals surface area contributed by atoms with Crippen molar-refractivity contribution in [3.05, 3.63) is 72.7 Å². The number of hydrogen-bond acceptors (Lipinski definition) is 6. The molecule has 2 heterocycles. The third kappa shape index (κ3) is 5.54. The first-order valence-corrected chi connectivity index (χ1v) is 11.5. The van der Waals surface area contributed by atoms with E-state index in [-0.39, 0.29) is 11.9 Å². The molecule has 1 unspecified atom stereocenters. The van der Waals surface area contributed by atoms with Crippen LogP contribution in [0.25, 0.3) is 22.3 Å². The van der Waals surface area contributed by atoms with Crippen LogP contribution in [-0.4, -0.2) is 35.6 Å². The summed E-state index contributed by atoms with van der Waals surface area (Å²) in [6.45, 7) is 5.05. The van der Waals surface area contributed by atoms with Gasteiger partial charge in [0, 0.05) is 30.0 Å². The van der Waals surface area contributed by atoms with Crippen LogP contribution in [0, 0.1) is 0 Å². The first kappa shape index (κ1) is 23.3. The Labute approximate surface area is 199 Å². The van der Waals surface area contributed by atoms with E-state index in [0.29, 0.717) is 25.3 Å². The summed E-state index contributed by atoms with van der Waals surface area (Å²) in [5, 5.41) is 3.97. The lowest BCUT2D eigenvalue weighted by atomic mass is 10.1. The molecular formula is C27H30N4O3. The van der Waals surface area contributed by atoms with E-state index in [2.05, 4.69) is 17.1 Å². The van der Waals surface area contributed by atoms with Gasteiger partial charge in [0.05, 0.1) is 25.4 Å². The van der Waals surface area contributed by atoms with E-state index >= 15 is 0 Å². The number of carbonyl (C=O) groups excluding carboxylic acids is 1. The van der Waals surface area contributed by atoms with Gasteiger partial charge in [-0.1, -0.05) is 19.1 Å². The predicted octanol–water partition coefficient (Wildman–Crippen LogP) is 5.21. The molecule has 34 heavy (non-hydrogen) atoms. The maximum Gasteiger partial charge on any atom is 0.221 e. The number of furan rings is 1. The Morgan fingerprint density at radius 3 is 2.59 bits per heavy atom. The van der Waals surface area contributed by atoms with Crippen LogP contribution in [0.2, 0.25) is 0 Å². The van der Waals surface area contributed by atoms with Crippen LogP contribution in [0.3, 0.4) is 0 Å². The molecule has 0 aliphatic carbocycles. The second-order valence-corrected chi connectivity index (χ2v) is 8.24. The lowest BCUT2D eigenvalue weighted by Crippen LogP contribution is -2.35. The fraction of sp³-hybridized carbons (Fsp3) is 0.296. The Kier molecular flexibility index (Phi) is 7.42. The molecule has 0 saturated heterocycles. The number of nitrogens with one attached hydrogen (secondary N) is 1. The standard InChI is InChI=1S/C27H30N4O3/c1-4-19(2)28-25(32)15-16-31(18-22-8-7-17-34-22)27-23-9-5-6-10-24(23)29-26(30-27)20-11-13-21(33-3)14-12-20/h5-14,17,19H,4,15-16,18H2,1-3H3,(H,28,32). The molecule has 7 heteroatoms. The molecule has 0 radical (unpaired) electrons. The number of hydrogen-bond donors (Lipinski definition) is 1. The lowest BCUT2D eigenvalue weighted by Gasteiger charge is -2.25. The summed E-state index contributed by atoms with van der Waals surface area (Å²) in [6, 6.07) is 19.6. The number of carbonyl (C=O) groups is 1. The van der Waals surface area contributed by atoms with E-state index in [0.717, 1.165) is 40.2 Å². The number of nitrogens with zero attached hydrogens (tertiary/aromatic N) is 3. The second kappa shape index (κ2) is 10.8. The van der Waals surface area contributed by atoms with E-state index in [4.69, 9.17) is 19.1 Å². The highest BCUT2D eigenvalue weighted by Crippen LogP contribution is 2.29. The van der Waals surface area contributed by atoms with E-state index in [9.17, 15) is 4.79 Å². The van der Waals surface area contributed by atoms with Gasteiger partial charge in [0.15, 0.2) is 5.82 Å². The molecule has 176 valence electrons. The normalized spacial score (nSPS) is 11.9. The molecule has 1 amide bonds. The van der Waals surface area contributed by atoms with Gasteiger partial charge in [-0.25, -0.2) is 9.97 Å². The number of aromatic nitrogens is 2. The van der Waals surface area contributed by atoms with Crippen molar-refractivity contribution in [2.75, 3.05) is 18.6 Å². The summed E-state index contributed by atoms with van der Waals surface area (Å²) < 4.78 is 10.9. The fourth-order valence-corrected chi connectivity index (χ4v) is 3.71. The smallest absolute Gasteiger partial charge is 0.221 e. The Hall–Kier alpha value is -3.87. The third-order valence-corrected chi connectivity index (χ3v) is 5.79. The van der Waals surface area contributed by atoms with Crippen LogP contribution in [0.1, 0.15) is 32.4 Å². The molecule has 0 spiro atoms. The van der Waals surface area contributed by atoms with Crippen molar-refractivity contribution in [1.82, 2.24) is 15.3 Å². The van der Waals surface area contributed by atoms with E-state index in [1.807, 2.05) is 67.6 Å². The van der Waals surface area contributed by atoms with Gasteiger partial charge in [-0.2, -0.15) is 0 Å². The molecule has 1 atom stereocenters. The highest BCUT2D eigenvalue weighted by molar-refractivity contribution is 5.91. The van der Waals surface area contributed by atoms with Gasteiger partial charge in [-0.3, -0.25) is 4.79 Å². The van der Waals surface area contributed by atoms with Crippen molar-refractivity contribution in [3.8, 4) is 17.1 Å². The average Bonchev–Trinajstić information content (AvgIpc) is 3.39. The van der Waals surface area contributed by atoms with Crippen LogP contribution in [-0.2, 0) is 11.3 Å². The summed E-state index contributed by atoms with van der Waals surface area (Å²) >= 11 is 0. The van der Waals surface area contributed by atoms with Gasteiger partial charge in [-0.15, -0.1) is 0 Å². The lowest BCUT2D eigenvalue weighted by molar-refractivity contribution is -0.121. The Morgan fingerprint density at radius 1 is 1.09 bits per heavy atom. The highest BCUT2D eigenvalue weighted by Gasteiger charge is 2.18. The largest absolute Gasteiger partial charge is 0.497 e. The van der Waals surface area contributed by atoms with Gasteiger partial charge >= 0.3 is 0 Å². The minimum atomic E-state index is 0.0209. The summed E-state index contributed by atoms with van der Waals surface area (Å²) in [6.07, 6.45) is 2.90. The number of anilines is 1. The Morgan fingerprint density at radius 2 is 1.88 bits per heavy atom. The van der Waals surface area contributed by atoms with Gasteiger partial charge in [0.1, 0.15) is 17.3 Å². The number of amides is 1. The second-order valence-electron chi connectivity index (χ2n) is 8.24. The van der Waals surface area contributed by atoms with E-state index in [1.54, 1.807) is 13.4 Å². The number of fused-ring (bicyclic) bond motifs is 1. The zero-order valence-corrected chi connectivity index (χ0v) is 19.8. The fourth-order valence-electron chi connectivity index (χ4n) is 3.71. The molecule has 7 nitrogen and oxygen atoms in total. The summed E-state index contributed by atoms with van der Waals surface area (Å²) in [5.41, 5.74) is 1.73. The molecular weight excluding hydrogens is 428 g/mol. The summed E-state index contributed by atoms with van der Waals surface area (Å²) in [7, 11) is 1.64. The van der Waals surface area contributed by atoms with Crippen molar-refractivity contribution in [2.24, 2.45) is 0 Å². The molecule has 2 aromatic carbocycles. The first-order chi connectivity index (χ1) is 16.6. The van der Waals surface area contributed by atoms with Crippen LogP contribution in [0.4, 0.5) is 5.82 Å². The summed E-state index contributed by atoms with van der Waals surface area (Å²) in [4.78, 5) is 24.4. The van der Waals surface area contributed by atoms with Crippen molar-refractivity contribution in [2.45, 2.75) is 39.3 Å². The molecule has 0 aliphatic rings. The van der Waals surface area contributed by atoms with E-state index < -0.39 is 0 Å². The van der Waals surface area contributed by atoms with E-state index in [1.165, 1.54) is 0 Å². The minimum absolute atomic E-state index is 0.0209. The van der Waals surface area contributed by atoms with Gasteiger partial charge < -0.3 is 19.4 Å². The molecule has 0 bridgehead atoms. The zero-order valence-electron chi connectivity index (χ0n) is 19.8. The first-order valence-electron chi connectivity index (χ1n) is 11.5. The van der Waals surface area contributed by atoms with Crippen LogP contribution < -0.4 is 15.0 Å². The zero-order chi connectivity index (χ0) is 23.9. The van der Waals surface area contributed by atoms with Crippen LogP contribution >= 0.6 is 0 Å². The van der Waals surface area contributed by atoms with Gasteiger partial charge in [0.2, 0.25) is 5.91 Å². The molecule has 0 fully saturated rings. The maximum atomic E-state index is 12.6. The van der Waals surface area contributed by atoms with Crippen LogP contribution in [0.5, 0.6) is 5.75 Å². The number of benzene rings is 2. The third-order valence-electron chi connectivity index (χ3n) is 5.79. The quantitative estimate of drug-likeness (QED) is 0.351. The Bertz CT molecular complexity index is 1220. The average molecular weight is 459 g/mol. The SMILES string of the molecule is CCC(C)NC(=O)CCN(Cc1ccco1)c1nc(-c2ccc(OC)cc2)nc2ccccc12. The molecule has 1 N–H and O–H groups in total. The monoisotopic (exact) mass is 458 g/mol. The topological polar surface area (TPSA) is 80.5 Å². The predicted molar refractivity (Wildman–Crippen MR) is 134 cm³/mol. The van der Waals surface area contributed by atoms with Crippen molar-refractivity contribution >= 4 is 22.6 Å². The van der Waals surface area contributed by atoms with Gasteiger partial charge in [-0.05, 0) is 61.9 Å².